The Morgan fingerprint density at radius 3 is 2.35 bits per heavy atom. The number of aryl methyl sites for hydroxylation is 2. The molecule has 2 aromatic carbocycles. The van der Waals surface area contributed by atoms with Gasteiger partial charge in [0.05, 0.1) is 13.7 Å². The average molecular weight is 591 g/mol. The van der Waals surface area contributed by atoms with E-state index in [4.69, 9.17) is 14.8 Å². The fourth-order valence-corrected chi connectivity index (χ4v) is 4.78. The summed E-state index contributed by atoms with van der Waals surface area (Å²) in [4.78, 5) is 41.0. The zero-order valence-corrected chi connectivity index (χ0v) is 25.9. The average Bonchev–Trinajstić information content (AvgIpc) is 3.40. The Kier molecular flexibility index (Phi) is 13.8. The lowest BCUT2D eigenvalue weighted by atomic mass is 9.98. The van der Waals surface area contributed by atoms with E-state index in [0.717, 1.165) is 66.9 Å². The molecule has 0 radical (unpaired) electrons. The van der Waals surface area contributed by atoms with Crippen LogP contribution in [-0.4, -0.2) is 65.3 Å². The Balaban J connectivity index is 1.57. The van der Waals surface area contributed by atoms with Crippen LogP contribution in [0, 0.1) is 0 Å². The largest absolute Gasteiger partial charge is 0.467 e. The van der Waals surface area contributed by atoms with E-state index in [9.17, 15) is 14.4 Å². The van der Waals surface area contributed by atoms with E-state index >= 15 is 0 Å². The van der Waals surface area contributed by atoms with Crippen molar-refractivity contribution in [1.29, 1.82) is 0 Å². The van der Waals surface area contributed by atoms with Crippen molar-refractivity contribution in [2.45, 2.75) is 78.3 Å². The normalized spacial score (nSPS) is 11.6. The maximum Gasteiger partial charge on any atom is 0.328 e. The number of carbonyl (C=O) groups excluding carboxylic acids is 3. The summed E-state index contributed by atoms with van der Waals surface area (Å²) in [5, 5.41) is 13.5. The van der Waals surface area contributed by atoms with E-state index in [2.05, 4.69) is 54.1 Å². The molecule has 3 N–H and O–H groups in total. The molecule has 10 nitrogen and oxygen atoms in total. The van der Waals surface area contributed by atoms with Gasteiger partial charge in [0, 0.05) is 38.4 Å². The van der Waals surface area contributed by atoms with Gasteiger partial charge in [-0.05, 0) is 48.6 Å². The van der Waals surface area contributed by atoms with Gasteiger partial charge in [-0.25, -0.2) is 14.5 Å². The van der Waals surface area contributed by atoms with Crippen molar-refractivity contribution in [3.63, 3.8) is 0 Å². The topological polar surface area (TPSA) is 127 Å². The minimum atomic E-state index is -0.703. The van der Waals surface area contributed by atoms with Crippen LogP contribution >= 0.6 is 0 Å². The number of unbranched alkanes of at least 4 members (excludes halogenated alkanes) is 2. The molecule has 0 fully saturated rings. The number of esters is 1. The minimum Gasteiger partial charge on any atom is -0.467 e. The monoisotopic (exact) mass is 590 g/mol. The Hall–Kier alpha value is -4.05. The number of methoxy groups -OCH3 is 1. The number of nitrogens with zero attached hydrogens (tertiary/aromatic N) is 3. The molecule has 3 aromatic rings. The van der Waals surface area contributed by atoms with E-state index in [-0.39, 0.29) is 11.8 Å². The van der Waals surface area contributed by atoms with Crippen LogP contribution in [0.5, 0.6) is 0 Å². The molecule has 1 aromatic heterocycles. The Bertz CT molecular complexity index is 1320. The highest BCUT2D eigenvalue weighted by atomic mass is 16.5. The summed E-state index contributed by atoms with van der Waals surface area (Å²) in [7, 11) is 1.29. The van der Waals surface area contributed by atoms with E-state index in [1.165, 1.54) is 14.0 Å². The predicted octanol–water partition coefficient (Wildman–Crippen LogP) is 4.07. The first-order valence-corrected chi connectivity index (χ1v) is 15.3. The highest BCUT2D eigenvalue weighted by molar-refractivity contribution is 6.00. The Morgan fingerprint density at radius 2 is 1.65 bits per heavy atom. The summed E-state index contributed by atoms with van der Waals surface area (Å²) in [5.74, 6) is 1.04. The molecule has 0 spiro atoms. The second-order valence-corrected chi connectivity index (χ2v) is 10.6. The third kappa shape index (κ3) is 10.6. The van der Waals surface area contributed by atoms with Crippen LogP contribution in [0.1, 0.15) is 80.4 Å². The van der Waals surface area contributed by atoms with Crippen LogP contribution in [0.2, 0.25) is 0 Å². The molecule has 10 heteroatoms. The van der Waals surface area contributed by atoms with Gasteiger partial charge in [0.2, 0.25) is 5.91 Å². The molecule has 43 heavy (non-hydrogen) atoms. The molecule has 0 bridgehead atoms. The molecular weight excluding hydrogens is 544 g/mol. The summed E-state index contributed by atoms with van der Waals surface area (Å²) < 4.78 is 6.78. The molecule has 0 saturated carbocycles. The first-order chi connectivity index (χ1) is 20.9. The van der Waals surface area contributed by atoms with Crippen molar-refractivity contribution in [2.75, 3.05) is 26.7 Å². The first-order valence-electron chi connectivity index (χ1n) is 15.3. The quantitative estimate of drug-likeness (QED) is 0.151. The van der Waals surface area contributed by atoms with Gasteiger partial charge in [-0.1, -0.05) is 69.2 Å². The van der Waals surface area contributed by atoms with Gasteiger partial charge < -0.3 is 20.7 Å². The number of aromatic nitrogens is 3. The summed E-state index contributed by atoms with van der Waals surface area (Å²) in [6.07, 6.45) is 6.64. The number of ether oxygens (including phenoxy) is 1. The lowest BCUT2D eigenvalue weighted by Crippen LogP contribution is -2.42. The van der Waals surface area contributed by atoms with Gasteiger partial charge in [-0.15, -0.1) is 0 Å². The van der Waals surface area contributed by atoms with E-state index < -0.39 is 12.0 Å². The second-order valence-electron chi connectivity index (χ2n) is 10.6. The molecule has 2 amide bonds. The number of benzene rings is 2. The molecule has 1 unspecified atom stereocenters. The van der Waals surface area contributed by atoms with Crippen molar-refractivity contribution in [3.05, 3.63) is 71.3 Å². The van der Waals surface area contributed by atoms with Gasteiger partial charge in [0.25, 0.3) is 5.91 Å². The SMILES string of the molecule is CCCCc1nc(CCCC)n(Cc2ccc(-c3ccccc3C(=O)NCCNCCC(NC(C)=O)C(=O)OC)cc2)n1. The zero-order chi connectivity index (χ0) is 31.0. The van der Waals surface area contributed by atoms with Gasteiger partial charge in [-0.2, -0.15) is 5.10 Å². The van der Waals surface area contributed by atoms with Gasteiger partial charge in [0.15, 0.2) is 5.82 Å². The van der Waals surface area contributed by atoms with Gasteiger partial charge in [-0.3, -0.25) is 9.59 Å². The predicted molar refractivity (Wildman–Crippen MR) is 168 cm³/mol. The number of hydrogen-bond acceptors (Lipinski definition) is 7. The fourth-order valence-electron chi connectivity index (χ4n) is 4.78. The molecule has 0 aliphatic carbocycles. The maximum absolute atomic E-state index is 13.1. The third-order valence-electron chi connectivity index (χ3n) is 7.13. The number of carbonyl (C=O) groups is 3. The molecular formula is C33H46N6O4. The smallest absolute Gasteiger partial charge is 0.328 e. The lowest BCUT2D eigenvalue weighted by Gasteiger charge is -2.16. The summed E-state index contributed by atoms with van der Waals surface area (Å²) >= 11 is 0. The van der Waals surface area contributed by atoms with E-state index in [1.54, 1.807) is 0 Å². The first kappa shape index (κ1) is 33.5. The zero-order valence-electron chi connectivity index (χ0n) is 25.9. The maximum atomic E-state index is 13.1. The van der Waals surface area contributed by atoms with E-state index in [1.807, 2.05) is 28.9 Å². The van der Waals surface area contributed by atoms with Crippen molar-refractivity contribution in [2.24, 2.45) is 0 Å². The highest BCUT2D eigenvalue weighted by Gasteiger charge is 2.19. The number of amides is 2. The molecule has 0 aliphatic rings. The summed E-state index contributed by atoms with van der Waals surface area (Å²) in [5.41, 5.74) is 3.56. The minimum absolute atomic E-state index is 0.157. The fraction of sp³-hybridized carbons (Fsp3) is 0.485. The standard InChI is InChI=1S/C33H46N6O4/c1-5-7-13-30-37-31(14-8-6-2)39(38-30)23-25-15-17-26(18-16-25)27-11-9-10-12-28(27)32(41)35-22-21-34-20-19-29(33(42)43-4)36-24(3)40/h9-12,15-18,29,34H,5-8,13-14,19-23H2,1-4H3,(H,35,41)(H,36,40). The number of nitrogens with one attached hydrogen (secondary N) is 3. The summed E-state index contributed by atoms with van der Waals surface area (Å²) in [6.45, 7) is 7.80. The molecule has 232 valence electrons. The summed E-state index contributed by atoms with van der Waals surface area (Å²) in [6, 6.07) is 15.2. The number of hydrogen-bond donors (Lipinski definition) is 3. The molecule has 1 heterocycles. The van der Waals surface area contributed by atoms with Crippen LogP contribution in [0.15, 0.2) is 48.5 Å². The highest BCUT2D eigenvalue weighted by Crippen LogP contribution is 2.24. The van der Waals surface area contributed by atoms with E-state index in [0.29, 0.717) is 38.2 Å². The third-order valence-corrected chi connectivity index (χ3v) is 7.13. The second kappa shape index (κ2) is 17.8. The molecule has 0 aliphatic heterocycles. The van der Waals surface area contributed by atoms with Crippen LogP contribution in [0.4, 0.5) is 0 Å². The van der Waals surface area contributed by atoms with Crippen molar-refractivity contribution in [1.82, 2.24) is 30.7 Å². The van der Waals surface area contributed by atoms with Crippen molar-refractivity contribution >= 4 is 17.8 Å². The van der Waals surface area contributed by atoms with Gasteiger partial charge >= 0.3 is 5.97 Å². The van der Waals surface area contributed by atoms with Gasteiger partial charge in [0.1, 0.15) is 11.9 Å². The van der Waals surface area contributed by atoms with Crippen LogP contribution < -0.4 is 16.0 Å². The lowest BCUT2D eigenvalue weighted by molar-refractivity contribution is -0.145. The Morgan fingerprint density at radius 1 is 0.930 bits per heavy atom. The van der Waals surface area contributed by atoms with Crippen LogP contribution in [0.25, 0.3) is 11.1 Å². The molecule has 0 saturated heterocycles. The number of rotatable bonds is 18. The Labute approximate surface area is 255 Å². The molecule has 3 rings (SSSR count). The van der Waals surface area contributed by atoms with Crippen molar-refractivity contribution in [3.8, 4) is 11.1 Å². The van der Waals surface area contributed by atoms with Crippen LogP contribution in [0.3, 0.4) is 0 Å². The van der Waals surface area contributed by atoms with Crippen LogP contribution in [-0.2, 0) is 33.7 Å². The molecule has 1 atom stereocenters. The van der Waals surface area contributed by atoms with Crippen molar-refractivity contribution < 1.29 is 19.1 Å².